The Morgan fingerprint density at radius 3 is 2.61 bits per heavy atom. The van der Waals surface area contributed by atoms with Crippen molar-refractivity contribution in [2.75, 3.05) is 0 Å². The summed E-state index contributed by atoms with van der Waals surface area (Å²) in [4.78, 5) is 12.9. The van der Waals surface area contributed by atoms with Crippen LogP contribution in [0, 0.1) is 5.82 Å². The van der Waals surface area contributed by atoms with E-state index in [1.165, 1.54) is 12.1 Å². The van der Waals surface area contributed by atoms with Crippen LogP contribution in [-0.4, -0.2) is 29.5 Å². The van der Waals surface area contributed by atoms with Crippen molar-refractivity contribution in [1.82, 2.24) is 4.90 Å². The van der Waals surface area contributed by atoms with Crippen LogP contribution >= 0.6 is 0 Å². The molecule has 0 saturated carbocycles. The van der Waals surface area contributed by atoms with Crippen molar-refractivity contribution in [2.24, 2.45) is 0 Å². The third-order valence-electron chi connectivity index (χ3n) is 3.97. The molecule has 2 heterocycles. The normalized spacial score (nSPS) is 30.3. The summed E-state index contributed by atoms with van der Waals surface area (Å²) in [6.07, 6.45) is 4.89. The van der Waals surface area contributed by atoms with E-state index in [1.54, 1.807) is 12.1 Å². The summed E-state index contributed by atoms with van der Waals surface area (Å²) in [5.41, 5.74) is 0. The molecule has 1 aromatic rings. The van der Waals surface area contributed by atoms with Crippen LogP contribution in [0.1, 0.15) is 25.7 Å². The molecule has 96 valence electrons. The molecule has 2 saturated heterocycles. The average Bonchev–Trinajstić information content (AvgIpc) is 2.60. The van der Waals surface area contributed by atoms with Gasteiger partial charge in [0.05, 0.1) is 0 Å². The van der Waals surface area contributed by atoms with Gasteiger partial charge in [-0.1, -0.05) is 6.07 Å². The molecule has 2 unspecified atom stereocenters. The lowest BCUT2D eigenvalue weighted by atomic mass is 10.0. The van der Waals surface area contributed by atoms with E-state index in [4.69, 9.17) is 4.74 Å². The zero-order valence-electron chi connectivity index (χ0n) is 10.1. The zero-order valence-corrected chi connectivity index (χ0v) is 10.1. The Hall–Kier alpha value is -1.58. The molecular formula is C14H16FNO2. The van der Waals surface area contributed by atoms with Gasteiger partial charge < -0.3 is 9.64 Å². The maximum atomic E-state index is 13.1. The van der Waals surface area contributed by atoms with Crippen LogP contribution in [-0.2, 0) is 4.79 Å². The smallest absolute Gasteiger partial charge is 0.210 e. The fourth-order valence-electron chi connectivity index (χ4n) is 3.16. The van der Waals surface area contributed by atoms with E-state index in [1.807, 2.05) is 4.90 Å². The van der Waals surface area contributed by atoms with E-state index in [-0.39, 0.29) is 11.9 Å². The van der Waals surface area contributed by atoms with Gasteiger partial charge in [0.1, 0.15) is 17.7 Å². The summed E-state index contributed by atoms with van der Waals surface area (Å²) in [7, 11) is 0. The van der Waals surface area contributed by atoms with E-state index in [0.29, 0.717) is 17.8 Å². The first kappa shape index (κ1) is 11.5. The third-order valence-corrected chi connectivity index (χ3v) is 3.97. The molecule has 2 fully saturated rings. The molecule has 2 aliphatic heterocycles. The van der Waals surface area contributed by atoms with E-state index in [9.17, 15) is 9.18 Å². The minimum Gasteiger partial charge on any atom is -0.490 e. The predicted octanol–water partition coefficient (Wildman–Crippen LogP) is 2.36. The van der Waals surface area contributed by atoms with Gasteiger partial charge in [-0.15, -0.1) is 0 Å². The second-order valence-electron chi connectivity index (χ2n) is 5.11. The van der Waals surface area contributed by atoms with Gasteiger partial charge in [0.25, 0.3) is 0 Å². The number of hydrogen-bond donors (Lipinski definition) is 0. The number of nitrogens with zero attached hydrogens (tertiary/aromatic N) is 1. The van der Waals surface area contributed by atoms with Crippen LogP contribution in [0.3, 0.4) is 0 Å². The summed E-state index contributed by atoms with van der Waals surface area (Å²) >= 11 is 0. The van der Waals surface area contributed by atoms with Gasteiger partial charge in [-0.05, 0) is 25.0 Å². The molecule has 3 nitrogen and oxygen atoms in total. The Morgan fingerprint density at radius 2 is 2.00 bits per heavy atom. The number of hydrogen-bond acceptors (Lipinski definition) is 2. The number of fused-ring (bicyclic) bond motifs is 2. The van der Waals surface area contributed by atoms with Crippen molar-refractivity contribution < 1.29 is 13.9 Å². The lowest BCUT2D eigenvalue weighted by molar-refractivity contribution is -0.123. The van der Waals surface area contributed by atoms with Crippen LogP contribution in [0.15, 0.2) is 24.3 Å². The molecule has 2 atom stereocenters. The molecule has 2 aliphatic rings. The Morgan fingerprint density at radius 1 is 1.28 bits per heavy atom. The maximum Gasteiger partial charge on any atom is 0.210 e. The summed E-state index contributed by atoms with van der Waals surface area (Å²) < 4.78 is 18.9. The minimum absolute atomic E-state index is 0.0977. The monoisotopic (exact) mass is 249 g/mol. The number of rotatable bonds is 3. The molecule has 4 heteroatoms. The summed E-state index contributed by atoms with van der Waals surface area (Å²) in [5, 5.41) is 0. The second kappa shape index (κ2) is 4.59. The number of piperidine rings is 1. The Labute approximate surface area is 106 Å². The molecule has 1 aromatic carbocycles. The lowest BCUT2D eigenvalue weighted by Crippen LogP contribution is -2.45. The van der Waals surface area contributed by atoms with Gasteiger partial charge >= 0.3 is 0 Å². The molecule has 1 amide bonds. The van der Waals surface area contributed by atoms with Crippen LogP contribution in [0.25, 0.3) is 0 Å². The van der Waals surface area contributed by atoms with E-state index in [2.05, 4.69) is 0 Å². The fourth-order valence-corrected chi connectivity index (χ4v) is 3.16. The number of amides is 1. The highest BCUT2D eigenvalue weighted by Crippen LogP contribution is 2.36. The fraction of sp³-hybridized carbons (Fsp3) is 0.500. The van der Waals surface area contributed by atoms with Crippen LogP contribution in [0.4, 0.5) is 4.39 Å². The maximum absolute atomic E-state index is 13.1. The molecule has 18 heavy (non-hydrogen) atoms. The highest BCUT2D eigenvalue weighted by atomic mass is 19.1. The molecule has 0 aliphatic carbocycles. The molecule has 0 spiro atoms. The van der Waals surface area contributed by atoms with Crippen molar-refractivity contribution in [3.63, 3.8) is 0 Å². The zero-order chi connectivity index (χ0) is 12.5. The number of ether oxygens (including phenoxy) is 1. The summed E-state index contributed by atoms with van der Waals surface area (Å²) in [6.45, 7) is 0. The van der Waals surface area contributed by atoms with E-state index in [0.717, 1.165) is 32.1 Å². The quantitative estimate of drug-likeness (QED) is 0.770. The Kier molecular flexibility index (Phi) is 2.94. The van der Waals surface area contributed by atoms with Gasteiger partial charge in [0.2, 0.25) is 6.41 Å². The Bertz CT molecular complexity index is 437. The van der Waals surface area contributed by atoms with Gasteiger partial charge in [-0.2, -0.15) is 0 Å². The van der Waals surface area contributed by atoms with Gasteiger partial charge in [0, 0.05) is 31.0 Å². The van der Waals surface area contributed by atoms with Crippen LogP contribution < -0.4 is 4.74 Å². The van der Waals surface area contributed by atoms with Crippen LogP contribution in [0.5, 0.6) is 5.75 Å². The van der Waals surface area contributed by atoms with Crippen molar-refractivity contribution in [3.05, 3.63) is 30.1 Å². The van der Waals surface area contributed by atoms with Crippen molar-refractivity contribution in [3.8, 4) is 5.75 Å². The van der Waals surface area contributed by atoms with Gasteiger partial charge in [-0.3, -0.25) is 4.79 Å². The number of carbonyl (C=O) groups excluding carboxylic acids is 1. The van der Waals surface area contributed by atoms with Gasteiger partial charge in [-0.25, -0.2) is 4.39 Å². The number of halogens is 1. The van der Waals surface area contributed by atoms with E-state index >= 15 is 0 Å². The molecule has 0 radical (unpaired) electrons. The molecule has 2 bridgehead atoms. The van der Waals surface area contributed by atoms with Crippen molar-refractivity contribution in [1.29, 1.82) is 0 Å². The SMILES string of the molecule is O=CN1C2CCC1CC(Oc1cccc(F)c1)C2. The standard InChI is InChI=1S/C14H16FNO2/c15-10-2-1-3-13(6-10)18-14-7-11-4-5-12(8-14)16(11)9-17/h1-3,6,9,11-12,14H,4-5,7-8H2. The average molecular weight is 249 g/mol. The largest absolute Gasteiger partial charge is 0.490 e. The second-order valence-corrected chi connectivity index (χ2v) is 5.11. The third kappa shape index (κ3) is 2.07. The first-order valence-corrected chi connectivity index (χ1v) is 6.41. The number of benzene rings is 1. The highest BCUT2D eigenvalue weighted by Gasteiger charge is 2.40. The predicted molar refractivity (Wildman–Crippen MR) is 64.8 cm³/mol. The van der Waals surface area contributed by atoms with Crippen molar-refractivity contribution >= 4 is 6.41 Å². The summed E-state index contributed by atoms with van der Waals surface area (Å²) in [6, 6.07) is 6.86. The Balaban J connectivity index is 1.68. The summed E-state index contributed by atoms with van der Waals surface area (Å²) in [5.74, 6) is 0.305. The van der Waals surface area contributed by atoms with Gasteiger partial charge in [0.15, 0.2) is 0 Å². The minimum atomic E-state index is -0.277. The molecular weight excluding hydrogens is 233 g/mol. The van der Waals surface area contributed by atoms with Crippen LogP contribution in [0.2, 0.25) is 0 Å². The molecule has 0 N–H and O–H groups in total. The van der Waals surface area contributed by atoms with Crippen molar-refractivity contribution in [2.45, 2.75) is 43.9 Å². The molecule has 3 rings (SSSR count). The first-order valence-electron chi connectivity index (χ1n) is 6.41. The van der Waals surface area contributed by atoms with E-state index < -0.39 is 0 Å². The topological polar surface area (TPSA) is 29.5 Å². The number of carbonyl (C=O) groups is 1. The highest BCUT2D eigenvalue weighted by molar-refractivity contribution is 5.49. The molecule has 0 aromatic heterocycles. The first-order chi connectivity index (χ1) is 8.76. The lowest BCUT2D eigenvalue weighted by Gasteiger charge is -2.36.